The summed E-state index contributed by atoms with van der Waals surface area (Å²) in [5.41, 5.74) is 0.894. The maximum absolute atomic E-state index is 11.9. The molecule has 0 radical (unpaired) electrons. The third kappa shape index (κ3) is 1.50. The Labute approximate surface area is 94.7 Å². The molecule has 2 aliphatic heterocycles. The van der Waals surface area contributed by atoms with Crippen molar-refractivity contribution in [3.63, 3.8) is 0 Å². The van der Waals surface area contributed by atoms with Gasteiger partial charge < -0.3 is 10.2 Å². The van der Waals surface area contributed by atoms with Crippen molar-refractivity contribution in [2.45, 2.75) is 24.9 Å². The van der Waals surface area contributed by atoms with Gasteiger partial charge >= 0.3 is 6.03 Å². The second kappa shape index (κ2) is 3.87. The molecule has 2 heterocycles. The summed E-state index contributed by atoms with van der Waals surface area (Å²) in [5, 5.41) is 3.32. The molecule has 1 aliphatic carbocycles. The van der Waals surface area contributed by atoms with Crippen molar-refractivity contribution in [3.8, 4) is 0 Å². The molecular weight excluding hydrogens is 202 g/mol. The van der Waals surface area contributed by atoms with Crippen LogP contribution in [0, 0.1) is 0 Å². The normalized spacial score (nSPS) is 29.5. The van der Waals surface area contributed by atoms with Gasteiger partial charge in [0.1, 0.15) is 0 Å². The van der Waals surface area contributed by atoms with Crippen molar-refractivity contribution in [1.29, 1.82) is 0 Å². The molecule has 0 aromatic heterocycles. The Hall–Kier alpha value is -1.42. The molecule has 4 nitrogen and oxygen atoms in total. The minimum atomic E-state index is -0.0666. The van der Waals surface area contributed by atoms with Crippen LogP contribution in [0.5, 0.6) is 0 Å². The van der Waals surface area contributed by atoms with Crippen LogP contribution in [0.1, 0.15) is 12.8 Å². The highest BCUT2D eigenvalue weighted by molar-refractivity contribution is 6.12. The van der Waals surface area contributed by atoms with Crippen LogP contribution in [0.15, 0.2) is 29.3 Å². The fraction of sp³-hybridized carbons (Fsp3) is 0.500. The number of amides is 2. The van der Waals surface area contributed by atoms with E-state index in [4.69, 9.17) is 0 Å². The molecule has 3 rings (SSSR count). The van der Waals surface area contributed by atoms with Crippen LogP contribution in [-0.2, 0) is 0 Å². The summed E-state index contributed by atoms with van der Waals surface area (Å²) in [7, 11) is 0. The predicted octanol–water partition coefficient (Wildman–Crippen LogP) is 1.11. The second-order valence-electron chi connectivity index (χ2n) is 4.40. The monoisotopic (exact) mass is 217 g/mol. The van der Waals surface area contributed by atoms with Crippen LogP contribution in [0.25, 0.3) is 0 Å². The first-order chi connectivity index (χ1) is 7.86. The Morgan fingerprint density at radius 1 is 1.31 bits per heavy atom. The number of carbonyl (C=O) groups excluding carboxylic acids is 1. The largest absolute Gasteiger partial charge is 0.344 e. The van der Waals surface area contributed by atoms with Gasteiger partial charge in [-0.2, -0.15) is 4.99 Å². The number of urea groups is 1. The summed E-state index contributed by atoms with van der Waals surface area (Å²) in [6, 6.07) is 0.361. The molecule has 0 bridgehead atoms. The number of carbonyl (C=O) groups is 1. The standard InChI is InChI=1S/C12H15N3O/c16-12-14-10-3-1-2-4-11(10)15(12)9-5-7-13-8-6-9/h1-4,9,11,13H,5-8H2/t11-/m1/s1. The Morgan fingerprint density at radius 3 is 2.94 bits per heavy atom. The SMILES string of the molecule is O=C1N=C2C=CC=C[C@H]2N1C1CCNCC1. The van der Waals surface area contributed by atoms with E-state index in [0.717, 1.165) is 31.6 Å². The van der Waals surface area contributed by atoms with Crippen molar-refractivity contribution in [2.75, 3.05) is 13.1 Å². The van der Waals surface area contributed by atoms with Crippen LogP contribution < -0.4 is 5.32 Å². The third-order valence-corrected chi connectivity index (χ3v) is 3.42. The smallest absolute Gasteiger partial charge is 0.317 e. The van der Waals surface area contributed by atoms with Crippen molar-refractivity contribution in [2.24, 2.45) is 4.99 Å². The fourth-order valence-corrected chi connectivity index (χ4v) is 2.61. The molecule has 1 N–H and O–H groups in total. The lowest BCUT2D eigenvalue weighted by Crippen LogP contribution is -2.48. The lowest BCUT2D eigenvalue weighted by atomic mass is 10.00. The number of piperidine rings is 1. The summed E-state index contributed by atoms with van der Waals surface area (Å²) in [4.78, 5) is 17.9. The molecule has 0 aromatic rings. The number of hydrogen-bond donors (Lipinski definition) is 1. The molecule has 16 heavy (non-hydrogen) atoms. The van der Waals surface area contributed by atoms with Crippen LogP contribution in [0.2, 0.25) is 0 Å². The molecule has 0 aromatic carbocycles. The summed E-state index contributed by atoms with van der Waals surface area (Å²) < 4.78 is 0. The summed E-state index contributed by atoms with van der Waals surface area (Å²) in [5.74, 6) is 0. The van der Waals surface area contributed by atoms with Gasteiger partial charge in [-0.3, -0.25) is 0 Å². The van der Waals surface area contributed by atoms with Crippen molar-refractivity contribution in [3.05, 3.63) is 24.3 Å². The summed E-state index contributed by atoms with van der Waals surface area (Å²) in [6.07, 6.45) is 9.99. The average Bonchev–Trinajstić information content (AvgIpc) is 2.66. The van der Waals surface area contributed by atoms with Crippen molar-refractivity contribution in [1.82, 2.24) is 10.2 Å². The Kier molecular flexibility index (Phi) is 2.36. The zero-order chi connectivity index (χ0) is 11.0. The molecule has 3 aliphatic rings. The zero-order valence-corrected chi connectivity index (χ0v) is 9.10. The minimum Gasteiger partial charge on any atom is -0.317 e. The van der Waals surface area contributed by atoms with E-state index >= 15 is 0 Å². The van der Waals surface area contributed by atoms with E-state index in [1.807, 2.05) is 23.1 Å². The molecule has 1 fully saturated rings. The Balaban J connectivity index is 1.83. The number of nitrogens with one attached hydrogen (secondary N) is 1. The highest BCUT2D eigenvalue weighted by Gasteiger charge is 2.37. The van der Waals surface area contributed by atoms with Gasteiger partial charge in [0.25, 0.3) is 0 Å². The lowest BCUT2D eigenvalue weighted by Gasteiger charge is -2.34. The van der Waals surface area contributed by atoms with Gasteiger partial charge in [0, 0.05) is 6.04 Å². The van der Waals surface area contributed by atoms with E-state index in [9.17, 15) is 4.79 Å². The molecular formula is C12H15N3O. The van der Waals surface area contributed by atoms with Gasteiger partial charge in [-0.15, -0.1) is 0 Å². The zero-order valence-electron chi connectivity index (χ0n) is 9.10. The van der Waals surface area contributed by atoms with Crippen LogP contribution in [0.3, 0.4) is 0 Å². The lowest BCUT2D eigenvalue weighted by molar-refractivity contribution is 0.172. The number of aliphatic imine (C=N–C) groups is 1. The third-order valence-electron chi connectivity index (χ3n) is 3.42. The van der Waals surface area contributed by atoms with E-state index < -0.39 is 0 Å². The fourth-order valence-electron chi connectivity index (χ4n) is 2.61. The van der Waals surface area contributed by atoms with Crippen LogP contribution in [0.4, 0.5) is 4.79 Å². The van der Waals surface area contributed by atoms with Gasteiger partial charge in [-0.25, -0.2) is 4.79 Å². The van der Waals surface area contributed by atoms with Crippen molar-refractivity contribution < 1.29 is 4.79 Å². The number of hydrogen-bond acceptors (Lipinski definition) is 2. The average molecular weight is 217 g/mol. The van der Waals surface area contributed by atoms with Crippen LogP contribution >= 0.6 is 0 Å². The number of rotatable bonds is 1. The topological polar surface area (TPSA) is 44.7 Å². The second-order valence-corrected chi connectivity index (χ2v) is 4.40. The number of fused-ring (bicyclic) bond motifs is 1. The van der Waals surface area contributed by atoms with E-state index in [1.165, 1.54) is 0 Å². The van der Waals surface area contributed by atoms with Gasteiger partial charge in [0.2, 0.25) is 0 Å². The van der Waals surface area contributed by atoms with E-state index in [1.54, 1.807) is 0 Å². The maximum atomic E-state index is 11.9. The highest BCUT2D eigenvalue weighted by atomic mass is 16.2. The van der Waals surface area contributed by atoms with Crippen LogP contribution in [-0.4, -0.2) is 41.8 Å². The molecule has 0 spiro atoms. The maximum Gasteiger partial charge on any atom is 0.344 e. The van der Waals surface area contributed by atoms with E-state index in [0.29, 0.717) is 6.04 Å². The first-order valence-corrected chi connectivity index (χ1v) is 5.83. The first kappa shape index (κ1) is 9.78. The first-order valence-electron chi connectivity index (χ1n) is 5.83. The molecule has 1 atom stereocenters. The summed E-state index contributed by atoms with van der Waals surface area (Å²) >= 11 is 0. The molecule has 1 saturated heterocycles. The predicted molar refractivity (Wildman–Crippen MR) is 62.6 cm³/mol. The highest BCUT2D eigenvalue weighted by Crippen LogP contribution is 2.24. The molecule has 4 heteroatoms. The molecule has 2 amide bonds. The minimum absolute atomic E-state index is 0.0666. The van der Waals surface area contributed by atoms with Crippen molar-refractivity contribution >= 4 is 11.7 Å². The van der Waals surface area contributed by atoms with E-state index in [-0.39, 0.29) is 12.1 Å². The quantitative estimate of drug-likeness (QED) is 0.715. The molecule has 84 valence electrons. The van der Waals surface area contributed by atoms with Gasteiger partial charge in [0.05, 0.1) is 11.8 Å². The van der Waals surface area contributed by atoms with Gasteiger partial charge in [-0.05, 0) is 32.0 Å². The van der Waals surface area contributed by atoms with Gasteiger partial charge in [0.15, 0.2) is 0 Å². The number of nitrogens with zero attached hydrogens (tertiary/aromatic N) is 2. The van der Waals surface area contributed by atoms with E-state index in [2.05, 4.69) is 16.4 Å². The Bertz CT molecular complexity index is 391. The van der Waals surface area contributed by atoms with Gasteiger partial charge in [-0.1, -0.05) is 18.2 Å². The Morgan fingerprint density at radius 2 is 2.12 bits per heavy atom. The molecule has 0 saturated carbocycles. The number of allylic oxidation sites excluding steroid dienone is 2. The summed E-state index contributed by atoms with van der Waals surface area (Å²) in [6.45, 7) is 1.99. The molecule has 0 unspecified atom stereocenters.